The minimum Gasteiger partial charge on any atom is -0.497 e. The fourth-order valence-corrected chi connectivity index (χ4v) is 3.99. The molecule has 0 spiro atoms. The van der Waals surface area contributed by atoms with Gasteiger partial charge in [0.15, 0.2) is 5.96 Å². The van der Waals surface area contributed by atoms with Crippen LogP contribution in [0.4, 0.5) is 5.69 Å². The van der Waals surface area contributed by atoms with E-state index in [1.165, 1.54) is 5.69 Å². The minimum atomic E-state index is -0.862. The lowest BCUT2D eigenvalue weighted by Gasteiger charge is -2.35. The van der Waals surface area contributed by atoms with Gasteiger partial charge in [-0.2, -0.15) is 0 Å². The normalized spacial score (nSPS) is 18.8. The van der Waals surface area contributed by atoms with E-state index in [0.717, 1.165) is 37.6 Å². The number of rotatable bonds is 6. The Bertz CT molecular complexity index is 664. The van der Waals surface area contributed by atoms with E-state index < -0.39 is 10.8 Å². The molecule has 1 heterocycles. The minimum absolute atomic E-state index is 0. The van der Waals surface area contributed by atoms with Gasteiger partial charge in [0.1, 0.15) is 5.75 Å². The van der Waals surface area contributed by atoms with Gasteiger partial charge in [0, 0.05) is 65.8 Å². The number of ether oxygens (including phenoxy) is 1. The molecular weight excluding hydrogens is 487 g/mol. The molecule has 1 aliphatic rings. The standard InChI is InChI=1S/C20H34N4O2S.HI/c1-20(2,3)27(25)13-11-22-19(21-4)23-16-8-7-12-24(15-16)17-9-6-10-18(14-17)26-5;/h6,9-10,14,16H,7-8,11-13,15H2,1-5H3,(H2,21,22,23);1H. The zero-order valence-electron chi connectivity index (χ0n) is 17.7. The van der Waals surface area contributed by atoms with E-state index in [4.69, 9.17) is 4.74 Å². The lowest BCUT2D eigenvalue weighted by molar-refractivity contribution is 0.414. The van der Waals surface area contributed by atoms with Gasteiger partial charge in [0.25, 0.3) is 0 Å². The maximum Gasteiger partial charge on any atom is 0.191 e. The predicted molar refractivity (Wildman–Crippen MR) is 131 cm³/mol. The highest BCUT2D eigenvalue weighted by Gasteiger charge is 2.22. The molecule has 8 heteroatoms. The van der Waals surface area contributed by atoms with Gasteiger partial charge in [-0.1, -0.05) is 6.07 Å². The van der Waals surface area contributed by atoms with Gasteiger partial charge in [-0.15, -0.1) is 24.0 Å². The number of hydrogen-bond acceptors (Lipinski definition) is 4. The van der Waals surface area contributed by atoms with Crippen LogP contribution >= 0.6 is 24.0 Å². The third-order valence-electron chi connectivity index (χ3n) is 4.67. The molecular formula is C20H35IN4O2S. The molecule has 0 radical (unpaired) electrons. The van der Waals surface area contributed by atoms with Crippen molar-refractivity contribution in [1.29, 1.82) is 0 Å². The van der Waals surface area contributed by atoms with E-state index in [-0.39, 0.29) is 28.7 Å². The number of nitrogens with zero attached hydrogens (tertiary/aromatic N) is 2. The summed E-state index contributed by atoms with van der Waals surface area (Å²) in [7, 11) is 2.61. The summed E-state index contributed by atoms with van der Waals surface area (Å²) in [6.07, 6.45) is 2.23. The van der Waals surface area contributed by atoms with E-state index >= 15 is 0 Å². The first-order valence-electron chi connectivity index (χ1n) is 9.58. The molecule has 1 saturated heterocycles. The predicted octanol–water partition coefficient (Wildman–Crippen LogP) is 2.99. The lowest BCUT2D eigenvalue weighted by Crippen LogP contribution is -2.51. The molecule has 2 unspecified atom stereocenters. The number of nitrogens with one attached hydrogen (secondary N) is 2. The Morgan fingerprint density at radius 3 is 2.79 bits per heavy atom. The van der Waals surface area contributed by atoms with E-state index in [1.54, 1.807) is 14.2 Å². The molecule has 2 atom stereocenters. The summed E-state index contributed by atoms with van der Waals surface area (Å²) in [6, 6.07) is 8.53. The molecule has 1 fully saturated rings. The molecule has 1 aromatic rings. The number of hydrogen-bond donors (Lipinski definition) is 2. The first-order chi connectivity index (χ1) is 12.8. The summed E-state index contributed by atoms with van der Waals surface area (Å²) in [4.78, 5) is 6.70. The molecule has 160 valence electrons. The number of methoxy groups -OCH3 is 1. The highest BCUT2D eigenvalue weighted by Crippen LogP contribution is 2.24. The summed E-state index contributed by atoms with van der Waals surface area (Å²) >= 11 is 0. The van der Waals surface area contributed by atoms with E-state index in [0.29, 0.717) is 18.3 Å². The molecule has 1 aliphatic heterocycles. The van der Waals surface area contributed by atoms with Crippen molar-refractivity contribution in [2.75, 3.05) is 44.4 Å². The van der Waals surface area contributed by atoms with Crippen LogP contribution in [-0.2, 0) is 10.8 Å². The number of guanidine groups is 1. The van der Waals surface area contributed by atoms with Crippen LogP contribution < -0.4 is 20.3 Å². The van der Waals surface area contributed by atoms with Gasteiger partial charge in [0.05, 0.1) is 7.11 Å². The molecule has 0 amide bonds. The Morgan fingerprint density at radius 2 is 2.14 bits per heavy atom. The van der Waals surface area contributed by atoms with Crippen molar-refractivity contribution < 1.29 is 8.95 Å². The lowest BCUT2D eigenvalue weighted by atomic mass is 10.0. The Hall–Kier alpha value is -1.03. The van der Waals surface area contributed by atoms with Gasteiger partial charge in [0.2, 0.25) is 0 Å². The second-order valence-electron chi connectivity index (χ2n) is 7.79. The first-order valence-corrected chi connectivity index (χ1v) is 10.9. The van der Waals surface area contributed by atoms with Crippen LogP contribution in [0.1, 0.15) is 33.6 Å². The Morgan fingerprint density at radius 1 is 1.39 bits per heavy atom. The van der Waals surface area contributed by atoms with Crippen molar-refractivity contribution in [1.82, 2.24) is 10.6 Å². The second kappa shape index (κ2) is 11.8. The summed E-state index contributed by atoms with van der Waals surface area (Å²) in [5.74, 6) is 2.27. The van der Waals surface area contributed by atoms with Crippen LogP contribution in [0.2, 0.25) is 0 Å². The molecule has 28 heavy (non-hydrogen) atoms. The zero-order valence-corrected chi connectivity index (χ0v) is 20.8. The Labute approximate surface area is 189 Å². The maximum absolute atomic E-state index is 12.2. The smallest absolute Gasteiger partial charge is 0.191 e. The zero-order chi connectivity index (χ0) is 19.9. The molecule has 0 bridgehead atoms. The van der Waals surface area contributed by atoms with Gasteiger partial charge >= 0.3 is 0 Å². The third kappa shape index (κ3) is 7.77. The fraction of sp³-hybridized carbons (Fsp3) is 0.650. The van der Waals surface area contributed by atoms with Crippen LogP contribution in [0.25, 0.3) is 0 Å². The molecule has 6 nitrogen and oxygen atoms in total. The molecule has 0 aromatic heterocycles. The van der Waals surface area contributed by atoms with Crippen molar-refractivity contribution >= 4 is 46.4 Å². The summed E-state index contributed by atoms with van der Waals surface area (Å²) in [5, 5.41) is 6.81. The van der Waals surface area contributed by atoms with Crippen LogP contribution in [0.5, 0.6) is 5.75 Å². The molecule has 1 aromatic carbocycles. The van der Waals surface area contributed by atoms with Crippen molar-refractivity contribution in [2.45, 2.75) is 44.4 Å². The van der Waals surface area contributed by atoms with Gasteiger partial charge in [-0.3, -0.25) is 9.20 Å². The summed E-state index contributed by atoms with van der Waals surface area (Å²) < 4.78 is 17.3. The van der Waals surface area contributed by atoms with Crippen LogP contribution in [-0.4, -0.2) is 60.5 Å². The van der Waals surface area contributed by atoms with Crippen molar-refractivity contribution in [3.8, 4) is 5.75 Å². The summed E-state index contributed by atoms with van der Waals surface area (Å²) in [5.41, 5.74) is 1.18. The highest BCUT2D eigenvalue weighted by atomic mass is 127. The van der Waals surface area contributed by atoms with Gasteiger partial charge < -0.3 is 20.3 Å². The van der Waals surface area contributed by atoms with Crippen LogP contribution in [0.3, 0.4) is 0 Å². The molecule has 2 N–H and O–H groups in total. The number of piperidine rings is 1. The largest absolute Gasteiger partial charge is 0.497 e. The van der Waals surface area contributed by atoms with E-state index in [1.807, 2.05) is 32.9 Å². The molecule has 0 aliphatic carbocycles. The van der Waals surface area contributed by atoms with Gasteiger partial charge in [-0.25, -0.2) is 0 Å². The van der Waals surface area contributed by atoms with Crippen molar-refractivity contribution in [3.63, 3.8) is 0 Å². The fourth-order valence-electron chi connectivity index (χ4n) is 3.09. The van der Waals surface area contributed by atoms with Gasteiger partial charge in [-0.05, 0) is 45.7 Å². The second-order valence-corrected chi connectivity index (χ2v) is 10.1. The quantitative estimate of drug-likeness (QED) is 0.342. The number of halogens is 1. The van der Waals surface area contributed by atoms with Crippen molar-refractivity contribution in [3.05, 3.63) is 24.3 Å². The first kappa shape index (κ1) is 25.0. The van der Waals surface area contributed by atoms with Crippen molar-refractivity contribution in [2.24, 2.45) is 4.99 Å². The third-order valence-corrected chi connectivity index (χ3v) is 6.61. The summed E-state index contributed by atoms with van der Waals surface area (Å²) in [6.45, 7) is 8.63. The van der Waals surface area contributed by atoms with E-state index in [9.17, 15) is 4.21 Å². The topological polar surface area (TPSA) is 66.0 Å². The monoisotopic (exact) mass is 522 g/mol. The maximum atomic E-state index is 12.2. The van der Waals surface area contributed by atoms with Crippen LogP contribution in [0.15, 0.2) is 29.3 Å². The number of aliphatic imine (C=N–C) groups is 1. The highest BCUT2D eigenvalue weighted by molar-refractivity contribution is 14.0. The number of anilines is 1. The SMILES string of the molecule is CN=C(NCCS(=O)C(C)(C)C)NC1CCCN(c2cccc(OC)c2)C1.I. The molecule has 0 saturated carbocycles. The Kier molecular flexibility index (Phi) is 10.6. The average Bonchev–Trinajstić information content (AvgIpc) is 2.66. The Balaban J connectivity index is 0.00000392. The average molecular weight is 522 g/mol. The van der Waals surface area contributed by atoms with E-state index in [2.05, 4.69) is 32.7 Å². The number of benzene rings is 1. The van der Waals surface area contributed by atoms with Crippen LogP contribution in [0, 0.1) is 0 Å². The molecule has 2 rings (SSSR count).